The lowest BCUT2D eigenvalue weighted by molar-refractivity contribution is -0.137. The van der Waals surface area contributed by atoms with Crippen LogP contribution in [0.5, 0.6) is 0 Å². The predicted molar refractivity (Wildman–Crippen MR) is 142 cm³/mol. The number of carbonyl (C=O) groups excluding carboxylic acids is 1. The highest BCUT2D eigenvalue weighted by atomic mass is 35.5. The van der Waals surface area contributed by atoms with Crippen molar-refractivity contribution >= 4 is 29.2 Å². The highest BCUT2D eigenvalue weighted by molar-refractivity contribution is 6.33. The molecular weight excluding hydrogens is 476 g/mol. The monoisotopic (exact) mass is 508 g/mol. The van der Waals surface area contributed by atoms with Gasteiger partial charge in [0.25, 0.3) is 0 Å². The average molecular weight is 509 g/mol. The van der Waals surface area contributed by atoms with Crippen molar-refractivity contribution in [2.24, 2.45) is 5.92 Å². The van der Waals surface area contributed by atoms with Gasteiger partial charge in [0.1, 0.15) is 0 Å². The number of carboxylic acids is 1. The number of aliphatic carboxylic acids is 1. The van der Waals surface area contributed by atoms with E-state index in [0.29, 0.717) is 34.7 Å². The Bertz CT molecular complexity index is 1230. The molecule has 6 nitrogen and oxygen atoms in total. The van der Waals surface area contributed by atoms with E-state index in [9.17, 15) is 14.7 Å². The normalized spacial score (nSPS) is 14.1. The van der Waals surface area contributed by atoms with Crippen LogP contribution < -0.4 is 5.32 Å². The molecule has 190 valence electrons. The number of hydrogen-bond acceptors (Lipinski definition) is 4. The first kappa shape index (κ1) is 26.0. The molecule has 0 bridgehead atoms. The van der Waals surface area contributed by atoms with Crippen LogP contribution in [0.2, 0.25) is 5.02 Å². The van der Waals surface area contributed by atoms with E-state index in [2.05, 4.69) is 48.6 Å². The minimum absolute atomic E-state index is 0.0561. The molecule has 0 radical (unpaired) electrons. The van der Waals surface area contributed by atoms with Gasteiger partial charge in [-0.1, -0.05) is 60.9 Å². The van der Waals surface area contributed by atoms with Crippen LogP contribution in [0.25, 0.3) is 11.3 Å². The molecule has 1 aromatic heterocycles. The zero-order chi connectivity index (χ0) is 25.8. The Morgan fingerprint density at radius 3 is 2.50 bits per heavy atom. The number of amides is 1. The van der Waals surface area contributed by atoms with Gasteiger partial charge in [-0.25, -0.2) is 0 Å². The number of benzene rings is 2. The molecule has 2 N–H and O–H groups in total. The van der Waals surface area contributed by atoms with Crippen LogP contribution in [0.15, 0.2) is 47.0 Å². The van der Waals surface area contributed by atoms with E-state index >= 15 is 0 Å². The number of aromatic nitrogens is 1. The van der Waals surface area contributed by atoms with Crippen LogP contribution in [-0.4, -0.2) is 22.1 Å². The summed E-state index contributed by atoms with van der Waals surface area (Å²) in [6, 6.07) is 13.8. The maximum atomic E-state index is 13.0. The third-order valence-electron chi connectivity index (χ3n) is 6.53. The molecule has 1 amide bonds. The molecule has 1 heterocycles. The van der Waals surface area contributed by atoms with Crippen molar-refractivity contribution in [3.8, 4) is 11.3 Å². The summed E-state index contributed by atoms with van der Waals surface area (Å²) in [6.45, 7) is 6.32. The molecule has 1 aliphatic rings. The van der Waals surface area contributed by atoms with Crippen LogP contribution in [0.1, 0.15) is 80.2 Å². The number of halogens is 1. The summed E-state index contributed by atoms with van der Waals surface area (Å²) in [4.78, 5) is 24.4. The van der Waals surface area contributed by atoms with E-state index < -0.39 is 5.97 Å². The number of hydrogen-bond donors (Lipinski definition) is 2. The van der Waals surface area contributed by atoms with Crippen LogP contribution in [0.4, 0.5) is 5.69 Å². The number of nitrogens with zero attached hydrogens (tertiary/aromatic N) is 1. The van der Waals surface area contributed by atoms with Gasteiger partial charge in [-0.2, -0.15) is 0 Å². The van der Waals surface area contributed by atoms with Crippen molar-refractivity contribution in [1.82, 2.24) is 5.16 Å². The molecule has 2 aromatic carbocycles. The number of aryl methyl sites for hydroxylation is 1. The molecule has 1 fully saturated rings. The SMILES string of the molecule is Cc1ccc(NC(=O)C[C@@H](CCC(=O)O)c2noc(-c3ccc(CC(C)C)cc3)c2C2CC2)c(Cl)c1. The quantitative estimate of drug-likeness (QED) is 0.282. The van der Waals surface area contributed by atoms with E-state index in [1.165, 1.54) is 5.56 Å². The van der Waals surface area contributed by atoms with Crippen molar-refractivity contribution in [3.63, 3.8) is 0 Å². The Balaban J connectivity index is 1.60. The molecular formula is C29H33ClN2O4. The lowest BCUT2D eigenvalue weighted by atomic mass is 9.89. The molecule has 7 heteroatoms. The molecule has 0 aliphatic heterocycles. The van der Waals surface area contributed by atoms with Gasteiger partial charge in [0.15, 0.2) is 5.76 Å². The number of carbonyl (C=O) groups is 2. The second-order valence-corrected chi connectivity index (χ2v) is 10.7. The summed E-state index contributed by atoms with van der Waals surface area (Å²) in [7, 11) is 0. The lowest BCUT2D eigenvalue weighted by Gasteiger charge is -2.16. The molecule has 0 spiro atoms. The molecule has 36 heavy (non-hydrogen) atoms. The van der Waals surface area contributed by atoms with Crippen molar-refractivity contribution in [1.29, 1.82) is 0 Å². The zero-order valence-corrected chi connectivity index (χ0v) is 21.8. The average Bonchev–Trinajstić information content (AvgIpc) is 3.56. The molecule has 0 saturated heterocycles. The maximum Gasteiger partial charge on any atom is 0.303 e. The van der Waals surface area contributed by atoms with Crippen molar-refractivity contribution in [3.05, 3.63) is 69.9 Å². The van der Waals surface area contributed by atoms with Gasteiger partial charge in [0, 0.05) is 29.9 Å². The van der Waals surface area contributed by atoms with Crippen molar-refractivity contribution in [2.45, 2.75) is 71.1 Å². The first-order valence-electron chi connectivity index (χ1n) is 12.6. The number of nitrogens with one attached hydrogen (secondary N) is 1. The molecule has 0 unspecified atom stereocenters. The lowest BCUT2D eigenvalue weighted by Crippen LogP contribution is -2.17. The Morgan fingerprint density at radius 1 is 1.17 bits per heavy atom. The van der Waals surface area contributed by atoms with Crippen LogP contribution in [0, 0.1) is 12.8 Å². The van der Waals surface area contributed by atoms with Gasteiger partial charge in [-0.05, 0) is 67.7 Å². The van der Waals surface area contributed by atoms with Gasteiger partial charge >= 0.3 is 5.97 Å². The topological polar surface area (TPSA) is 92.4 Å². The van der Waals surface area contributed by atoms with E-state index in [1.54, 1.807) is 12.1 Å². The largest absolute Gasteiger partial charge is 0.481 e. The summed E-state index contributed by atoms with van der Waals surface area (Å²) in [5, 5.41) is 17.1. The van der Waals surface area contributed by atoms with E-state index in [0.717, 1.165) is 41.7 Å². The summed E-state index contributed by atoms with van der Waals surface area (Å²) in [5.74, 6) is 0.105. The maximum absolute atomic E-state index is 13.0. The molecule has 1 saturated carbocycles. The Labute approximate surface area is 217 Å². The molecule has 4 rings (SSSR count). The molecule has 3 aromatic rings. The molecule has 1 atom stereocenters. The van der Waals surface area contributed by atoms with Gasteiger partial charge in [0.05, 0.1) is 16.4 Å². The zero-order valence-electron chi connectivity index (χ0n) is 21.0. The smallest absolute Gasteiger partial charge is 0.303 e. The first-order valence-corrected chi connectivity index (χ1v) is 13.0. The summed E-state index contributed by atoms with van der Waals surface area (Å²) in [5.41, 5.74) is 5.48. The number of rotatable bonds is 11. The summed E-state index contributed by atoms with van der Waals surface area (Å²) < 4.78 is 5.87. The van der Waals surface area contributed by atoms with Gasteiger partial charge in [-0.3, -0.25) is 9.59 Å². The fraction of sp³-hybridized carbons (Fsp3) is 0.414. The fourth-order valence-electron chi connectivity index (χ4n) is 4.62. The molecule has 1 aliphatic carbocycles. The van der Waals surface area contributed by atoms with Crippen molar-refractivity contribution < 1.29 is 19.2 Å². The number of carboxylic acid groups (broad SMARTS) is 1. The van der Waals surface area contributed by atoms with Crippen molar-refractivity contribution in [2.75, 3.05) is 5.32 Å². The van der Waals surface area contributed by atoms with E-state index in [4.69, 9.17) is 16.1 Å². The van der Waals surface area contributed by atoms with Crippen LogP contribution in [0.3, 0.4) is 0 Å². The Morgan fingerprint density at radius 2 is 1.89 bits per heavy atom. The van der Waals surface area contributed by atoms with Crippen LogP contribution in [-0.2, 0) is 16.0 Å². The third-order valence-corrected chi connectivity index (χ3v) is 6.84. The van der Waals surface area contributed by atoms with E-state index in [1.807, 2.05) is 13.0 Å². The third kappa shape index (κ3) is 6.55. The second kappa shape index (κ2) is 11.3. The number of anilines is 1. The van der Waals surface area contributed by atoms with Gasteiger partial charge < -0.3 is 14.9 Å². The van der Waals surface area contributed by atoms with Gasteiger partial charge in [-0.15, -0.1) is 0 Å². The Kier molecular flexibility index (Phi) is 8.14. The standard InChI is InChI=1S/C29H33ClN2O4/c1-17(2)14-19-5-7-21(8-6-19)29-27(20-9-10-20)28(32-36-29)22(11-13-26(34)35)16-25(33)31-24-12-4-18(3)15-23(24)30/h4-8,12,15,17,20,22H,9-11,13-14,16H2,1-3H3,(H,31,33)(H,34,35)/t22-/m1/s1. The van der Waals surface area contributed by atoms with Crippen LogP contribution >= 0.6 is 11.6 Å². The minimum atomic E-state index is -0.903. The minimum Gasteiger partial charge on any atom is -0.481 e. The Hall–Kier alpha value is -3.12. The second-order valence-electron chi connectivity index (χ2n) is 10.2. The summed E-state index contributed by atoms with van der Waals surface area (Å²) in [6.07, 6.45) is 3.40. The highest BCUT2D eigenvalue weighted by Crippen LogP contribution is 2.48. The fourth-order valence-corrected chi connectivity index (χ4v) is 4.90. The summed E-state index contributed by atoms with van der Waals surface area (Å²) >= 11 is 6.30. The first-order chi connectivity index (χ1) is 17.2. The highest BCUT2D eigenvalue weighted by Gasteiger charge is 2.36. The van der Waals surface area contributed by atoms with E-state index in [-0.39, 0.29) is 24.7 Å². The van der Waals surface area contributed by atoms with Gasteiger partial charge in [0.2, 0.25) is 5.91 Å². The predicted octanol–water partition coefficient (Wildman–Crippen LogP) is 7.36.